The van der Waals surface area contributed by atoms with Crippen LogP contribution in [0.2, 0.25) is 5.02 Å². The van der Waals surface area contributed by atoms with Crippen LogP contribution in [-0.2, 0) is 16.1 Å². The van der Waals surface area contributed by atoms with E-state index in [1.165, 1.54) is 24.3 Å². The Morgan fingerprint density at radius 1 is 1.20 bits per heavy atom. The molecule has 0 atom stereocenters. The maximum Gasteiger partial charge on any atom is 0.344 e. The molecule has 0 saturated heterocycles. The number of nitrogens with zero attached hydrogens (tertiary/aromatic N) is 2. The van der Waals surface area contributed by atoms with Crippen LogP contribution in [0.1, 0.15) is 5.89 Å². The second kappa shape index (κ2) is 7.76. The van der Waals surface area contributed by atoms with Crippen LogP contribution in [0.15, 0.2) is 53.1 Å². The summed E-state index contributed by atoms with van der Waals surface area (Å²) in [6.07, 6.45) is 0. The zero-order valence-corrected chi connectivity index (χ0v) is 13.6. The Morgan fingerprint density at radius 3 is 2.76 bits per heavy atom. The van der Waals surface area contributed by atoms with E-state index in [2.05, 4.69) is 10.1 Å². The van der Waals surface area contributed by atoms with Gasteiger partial charge in [0.05, 0.1) is 0 Å². The molecule has 3 rings (SSSR count). The van der Waals surface area contributed by atoms with Crippen LogP contribution in [0.4, 0.5) is 4.39 Å². The molecule has 0 amide bonds. The summed E-state index contributed by atoms with van der Waals surface area (Å²) in [5, 5.41) is 4.35. The topological polar surface area (TPSA) is 74.5 Å². The number of hydrogen-bond donors (Lipinski definition) is 0. The van der Waals surface area contributed by atoms with Crippen LogP contribution in [0, 0.1) is 5.82 Å². The predicted octanol–water partition coefficient (Wildman–Crippen LogP) is 3.65. The molecule has 1 aromatic heterocycles. The highest BCUT2D eigenvalue weighted by atomic mass is 35.5. The molecule has 0 unspecified atom stereocenters. The van der Waals surface area contributed by atoms with Gasteiger partial charge in [0.25, 0.3) is 5.89 Å². The van der Waals surface area contributed by atoms with E-state index in [0.29, 0.717) is 22.2 Å². The number of carbonyl (C=O) groups excluding carboxylic acids is 1. The minimum absolute atomic E-state index is 0.144. The zero-order chi connectivity index (χ0) is 17.6. The maximum atomic E-state index is 12.8. The molecule has 0 radical (unpaired) electrons. The highest BCUT2D eigenvalue weighted by Crippen LogP contribution is 2.20. The molecule has 8 heteroatoms. The van der Waals surface area contributed by atoms with Crippen molar-refractivity contribution in [2.45, 2.75) is 6.61 Å². The van der Waals surface area contributed by atoms with Crippen molar-refractivity contribution in [2.24, 2.45) is 0 Å². The van der Waals surface area contributed by atoms with E-state index in [-0.39, 0.29) is 24.9 Å². The van der Waals surface area contributed by atoms with Crippen molar-refractivity contribution in [3.63, 3.8) is 0 Å². The van der Waals surface area contributed by atoms with Gasteiger partial charge in [0.2, 0.25) is 5.82 Å². The molecule has 25 heavy (non-hydrogen) atoms. The number of aromatic nitrogens is 2. The van der Waals surface area contributed by atoms with Gasteiger partial charge in [0.1, 0.15) is 11.6 Å². The van der Waals surface area contributed by atoms with Crippen molar-refractivity contribution in [3.05, 3.63) is 65.3 Å². The largest absolute Gasteiger partial charge is 0.482 e. The summed E-state index contributed by atoms with van der Waals surface area (Å²) in [5.41, 5.74) is 0.688. The van der Waals surface area contributed by atoms with Crippen molar-refractivity contribution in [1.82, 2.24) is 10.1 Å². The number of halogens is 2. The van der Waals surface area contributed by atoms with Gasteiger partial charge in [0.15, 0.2) is 13.2 Å². The molecule has 6 nitrogen and oxygen atoms in total. The lowest BCUT2D eigenvalue weighted by molar-refractivity contribution is -0.148. The van der Waals surface area contributed by atoms with Crippen LogP contribution in [0.5, 0.6) is 5.75 Å². The van der Waals surface area contributed by atoms with Gasteiger partial charge in [0, 0.05) is 10.6 Å². The molecular formula is C17H12ClFN2O4. The Morgan fingerprint density at radius 2 is 2.00 bits per heavy atom. The predicted molar refractivity (Wildman–Crippen MR) is 86.4 cm³/mol. The van der Waals surface area contributed by atoms with Crippen LogP contribution in [0.25, 0.3) is 11.4 Å². The summed E-state index contributed by atoms with van der Waals surface area (Å²) in [4.78, 5) is 15.8. The molecule has 2 aromatic carbocycles. The molecule has 0 spiro atoms. The van der Waals surface area contributed by atoms with Crippen molar-refractivity contribution < 1.29 is 23.2 Å². The molecule has 3 aromatic rings. The van der Waals surface area contributed by atoms with E-state index in [0.717, 1.165) is 0 Å². The minimum Gasteiger partial charge on any atom is -0.482 e. The van der Waals surface area contributed by atoms with E-state index in [1.54, 1.807) is 24.3 Å². The molecular weight excluding hydrogens is 351 g/mol. The molecule has 0 aliphatic heterocycles. The van der Waals surface area contributed by atoms with Crippen molar-refractivity contribution in [3.8, 4) is 17.1 Å². The Kier molecular flexibility index (Phi) is 5.25. The summed E-state index contributed by atoms with van der Waals surface area (Å²) in [6, 6.07) is 12.3. The number of benzene rings is 2. The second-order valence-corrected chi connectivity index (χ2v) is 5.36. The van der Waals surface area contributed by atoms with Gasteiger partial charge in [-0.2, -0.15) is 4.98 Å². The second-order valence-electron chi connectivity index (χ2n) is 4.93. The number of esters is 1. The summed E-state index contributed by atoms with van der Waals surface area (Å²) in [6.45, 7) is -0.500. The van der Waals surface area contributed by atoms with Crippen molar-refractivity contribution in [2.75, 3.05) is 6.61 Å². The van der Waals surface area contributed by atoms with Gasteiger partial charge in [-0.05, 0) is 36.4 Å². The summed E-state index contributed by atoms with van der Waals surface area (Å²) < 4.78 is 27.9. The fourth-order valence-electron chi connectivity index (χ4n) is 1.92. The van der Waals surface area contributed by atoms with Crippen LogP contribution in [0.3, 0.4) is 0 Å². The molecule has 0 fully saturated rings. The normalized spacial score (nSPS) is 10.5. The van der Waals surface area contributed by atoms with Gasteiger partial charge < -0.3 is 14.0 Å². The van der Waals surface area contributed by atoms with Crippen molar-refractivity contribution >= 4 is 17.6 Å². The molecule has 0 N–H and O–H groups in total. The molecule has 128 valence electrons. The quantitative estimate of drug-likeness (QED) is 0.623. The highest BCUT2D eigenvalue weighted by Gasteiger charge is 2.12. The average molecular weight is 363 g/mol. The Balaban J connectivity index is 1.50. The summed E-state index contributed by atoms with van der Waals surface area (Å²) >= 11 is 5.91. The summed E-state index contributed by atoms with van der Waals surface area (Å²) in [7, 11) is 0. The van der Waals surface area contributed by atoms with Gasteiger partial charge in [-0.1, -0.05) is 28.9 Å². The highest BCUT2D eigenvalue weighted by molar-refractivity contribution is 6.30. The van der Waals surface area contributed by atoms with E-state index >= 15 is 0 Å². The lowest BCUT2D eigenvalue weighted by atomic mass is 10.2. The number of hydrogen-bond acceptors (Lipinski definition) is 6. The molecule has 0 aliphatic carbocycles. The van der Waals surface area contributed by atoms with Gasteiger partial charge in [-0.3, -0.25) is 0 Å². The Labute approximate surface area is 147 Å². The third-order valence-electron chi connectivity index (χ3n) is 3.08. The lowest BCUT2D eigenvalue weighted by Crippen LogP contribution is -2.14. The van der Waals surface area contributed by atoms with Gasteiger partial charge in [-0.15, -0.1) is 0 Å². The first-order valence-electron chi connectivity index (χ1n) is 7.23. The van der Waals surface area contributed by atoms with E-state index in [1.807, 2.05) is 0 Å². The summed E-state index contributed by atoms with van der Waals surface area (Å²) in [5.74, 6) is -0.158. The van der Waals surface area contributed by atoms with Gasteiger partial charge >= 0.3 is 5.97 Å². The molecule has 1 heterocycles. The Hall–Kier alpha value is -2.93. The van der Waals surface area contributed by atoms with Gasteiger partial charge in [-0.25, -0.2) is 9.18 Å². The Bertz CT molecular complexity index is 867. The van der Waals surface area contributed by atoms with E-state index in [9.17, 15) is 9.18 Å². The number of ether oxygens (including phenoxy) is 2. The average Bonchev–Trinajstić information content (AvgIpc) is 3.08. The monoisotopic (exact) mass is 362 g/mol. The first-order chi connectivity index (χ1) is 12.1. The zero-order valence-electron chi connectivity index (χ0n) is 12.8. The molecule has 0 saturated carbocycles. The van der Waals surface area contributed by atoms with Crippen LogP contribution >= 0.6 is 11.6 Å². The fourth-order valence-corrected chi connectivity index (χ4v) is 2.11. The smallest absolute Gasteiger partial charge is 0.344 e. The molecule has 0 aliphatic rings. The molecule has 0 bridgehead atoms. The first kappa shape index (κ1) is 16.9. The fraction of sp³-hybridized carbons (Fsp3) is 0.118. The maximum absolute atomic E-state index is 12.8. The first-order valence-corrected chi connectivity index (χ1v) is 7.60. The van der Waals surface area contributed by atoms with Crippen LogP contribution < -0.4 is 4.74 Å². The third-order valence-corrected chi connectivity index (χ3v) is 3.31. The number of carbonyl (C=O) groups is 1. The lowest BCUT2D eigenvalue weighted by Gasteiger charge is -2.05. The third kappa shape index (κ3) is 4.77. The standard InChI is InChI=1S/C17H12ClFN2O4/c18-12-3-1-2-11(8-12)17-20-15(25-21-17)9-24-16(22)10-23-14-6-4-13(19)5-7-14/h1-8H,9-10H2. The SMILES string of the molecule is O=C(COc1ccc(F)cc1)OCc1nc(-c2cccc(Cl)c2)no1. The van der Waals surface area contributed by atoms with E-state index < -0.39 is 5.97 Å². The van der Waals surface area contributed by atoms with Crippen LogP contribution in [-0.4, -0.2) is 22.7 Å². The van der Waals surface area contributed by atoms with E-state index in [4.69, 9.17) is 25.6 Å². The van der Waals surface area contributed by atoms with Crippen molar-refractivity contribution in [1.29, 1.82) is 0 Å². The minimum atomic E-state index is -0.619. The number of rotatable bonds is 6.